The Kier molecular flexibility index (Phi) is 11.9. The summed E-state index contributed by atoms with van der Waals surface area (Å²) in [7, 11) is 0. The van der Waals surface area contributed by atoms with Gasteiger partial charge in [0.1, 0.15) is 0 Å². The summed E-state index contributed by atoms with van der Waals surface area (Å²) in [5, 5.41) is 11.7. The molecule has 0 unspecified atom stereocenters. The zero-order chi connectivity index (χ0) is 54.0. The molecule has 0 amide bonds. The van der Waals surface area contributed by atoms with E-state index >= 15 is 0 Å². The second kappa shape index (κ2) is 20.0. The van der Waals surface area contributed by atoms with Crippen molar-refractivity contribution in [2.45, 2.75) is 26.7 Å². The van der Waals surface area contributed by atoms with Crippen LogP contribution in [0.4, 0.5) is 0 Å². The lowest BCUT2D eigenvalue weighted by Gasteiger charge is -2.12. The average molecular weight is 1060 g/mol. The second-order valence-electron chi connectivity index (χ2n) is 21.0. The minimum atomic E-state index is 0.643. The number of thiophene rings is 1. The molecule has 4 aromatic heterocycles. The van der Waals surface area contributed by atoms with E-state index in [9.17, 15) is 0 Å². The molecule has 384 valence electrons. The normalized spacial score (nSPS) is 12.8. The summed E-state index contributed by atoms with van der Waals surface area (Å²) in [5.74, 6) is 0.643. The molecule has 0 radical (unpaired) electrons. The summed E-state index contributed by atoms with van der Waals surface area (Å²) < 4.78 is 5.91. The van der Waals surface area contributed by atoms with Gasteiger partial charge in [-0.25, -0.2) is 9.97 Å². The van der Waals surface area contributed by atoms with E-state index in [1.807, 2.05) is 11.3 Å². The van der Waals surface area contributed by atoms with Crippen LogP contribution in [0.25, 0.3) is 132 Å². The highest BCUT2D eigenvalue weighted by Crippen LogP contribution is 2.42. The molecule has 4 heterocycles. The Labute approximate surface area is 473 Å². The number of aromatic nitrogens is 4. The molecular weight excluding hydrogens is 1000 g/mol. The minimum Gasteiger partial charge on any atom is -0.309 e. The molecule has 11 aromatic carbocycles. The standard InChI is InChI=1S/C75H53N5S/c1-3-4-21-51-38-43-69-63(47-70(81-69)50-23-9-5-10-24-50)71(51)74(53-27-13-7-14-28-53)76-48(2)54-35-39-65-60(44-54)61-45-55(36-40-66(61)79(65)57-29-15-8-16-30-57)56-37-41-67-62(46-56)72-58-31-18-17-22-49(58)34-42-68(72)80(67)75-77-64-33-20-19-32-59(64)73(78-75)52-25-11-6-12-26-52/h5-47H,3-4H2,1-2H3/b51-21+,74-71+,76-48?. The van der Waals surface area contributed by atoms with E-state index in [0.717, 1.165) is 102 Å². The molecular formula is C75H53N5S. The molecule has 0 bridgehead atoms. The molecule has 0 fully saturated rings. The van der Waals surface area contributed by atoms with Crippen molar-refractivity contribution in [3.63, 3.8) is 0 Å². The van der Waals surface area contributed by atoms with Crippen molar-refractivity contribution in [3.05, 3.63) is 276 Å². The van der Waals surface area contributed by atoms with Crippen LogP contribution in [-0.2, 0) is 0 Å². The largest absolute Gasteiger partial charge is 0.309 e. The Morgan fingerprint density at radius 1 is 0.469 bits per heavy atom. The first-order valence-electron chi connectivity index (χ1n) is 27.9. The van der Waals surface area contributed by atoms with Gasteiger partial charge >= 0.3 is 0 Å². The molecule has 0 atom stereocenters. The number of benzene rings is 11. The molecule has 0 spiro atoms. The van der Waals surface area contributed by atoms with Gasteiger partial charge in [0, 0.05) is 69.6 Å². The molecule has 15 rings (SSSR count). The maximum Gasteiger partial charge on any atom is 0.235 e. The average Bonchev–Trinajstić information content (AvgIpc) is 4.22. The number of fused-ring (bicyclic) bond motifs is 10. The molecule has 6 heteroatoms. The maximum atomic E-state index is 5.74. The predicted molar refractivity (Wildman–Crippen MR) is 344 cm³/mol. The molecule has 15 aromatic rings. The van der Waals surface area contributed by atoms with E-state index in [1.54, 1.807) is 0 Å². The van der Waals surface area contributed by atoms with Crippen molar-refractivity contribution in [1.82, 2.24) is 19.1 Å². The van der Waals surface area contributed by atoms with Crippen LogP contribution in [0.1, 0.15) is 37.8 Å². The molecule has 0 aliphatic carbocycles. The monoisotopic (exact) mass is 1060 g/mol. The molecule has 0 saturated carbocycles. The number of hydrogen-bond donors (Lipinski definition) is 0. The van der Waals surface area contributed by atoms with Crippen LogP contribution in [0.3, 0.4) is 0 Å². The van der Waals surface area contributed by atoms with Crippen LogP contribution in [0.2, 0.25) is 0 Å². The van der Waals surface area contributed by atoms with Gasteiger partial charge in [0.05, 0.1) is 39.0 Å². The molecule has 5 nitrogen and oxygen atoms in total. The highest BCUT2D eigenvalue weighted by atomic mass is 32.1. The highest BCUT2D eigenvalue weighted by Gasteiger charge is 2.21. The lowest BCUT2D eigenvalue weighted by molar-refractivity contribution is 0.991. The quantitative estimate of drug-likeness (QED) is 0.128. The van der Waals surface area contributed by atoms with Crippen molar-refractivity contribution >= 4 is 104 Å². The third-order valence-corrected chi connectivity index (χ3v) is 17.2. The van der Waals surface area contributed by atoms with Crippen LogP contribution < -0.4 is 10.4 Å². The number of aliphatic imine (C=N–C) groups is 1. The van der Waals surface area contributed by atoms with Gasteiger partial charge in [0.15, 0.2) is 0 Å². The fourth-order valence-corrected chi connectivity index (χ4v) is 13.2. The summed E-state index contributed by atoms with van der Waals surface area (Å²) in [6.45, 7) is 4.42. The zero-order valence-electron chi connectivity index (χ0n) is 44.9. The number of para-hydroxylation sites is 2. The van der Waals surface area contributed by atoms with Crippen molar-refractivity contribution < 1.29 is 0 Å². The summed E-state index contributed by atoms with van der Waals surface area (Å²) in [6, 6.07) is 91.9. The van der Waals surface area contributed by atoms with Gasteiger partial charge in [-0.2, -0.15) is 0 Å². The lowest BCUT2D eigenvalue weighted by Crippen LogP contribution is -2.28. The van der Waals surface area contributed by atoms with Crippen molar-refractivity contribution in [3.8, 4) is 44.5 Å². The van der Waals surface area contributed by atoms with Gasteiger partial charge in [-0.15, -0.1) is 11.3 Å². The third-order valence-electron chi connectivity index (χ3n) is 16.0. The first-order chi connectivity index (χ1) is 40.0. The Morgan fingerprint density at radius 2 is 1.09 bits per heavy atom. The first-order valence-corrected chi connectivity index (χ1v) is 28.7. The number of nitrogens with zero attached hydrogens (tertiary/aromatic N) is 5. The molecule has 81 heavy (non-hydrogen) atoms. The van der Waals surface area contributed by atoms with Gasteiger partial charge in [0.2, 0.25) is 5.95 Å². The van der Waals surface area contributed by atoms with E-state index < -0.39 is 0 Å². The SMILES string of the molecule is CCC/C=c1\ccc2sc(-c3ccccc3)cc2\c1=C(\N=C(C)c1ccc2c(c1)c1cc(-c3ccc4c(c3)c3c5ccccc5ccc3n4-c3nc(-c4ccccc4)c4ccccc4n3)ccc1n2-c1ccccc1)c1ccccc1. The number of rotatable bonds is 10. The number of hydrogen-bond acceptors (Lipinski definition) is 4. The van der Waals surface area contributed by atoms with E-state index in [-0.39, 0.29) is 0 Å². The van der Waals surface area contributed by atoms with E-state index in [2.05, 4.69) is 284 Å². The molecule has 0 aliphatic rings. The van der Waals surface area contributed by atoms with Gasteiger partial charge < -0.3 is 4.57 Å². The molecule has 0 saturated heterocycles. The van der Waals surface area contributed by atoms with Crippen LogP contribution in [-0.4, -0.2) is 24.8 Å². The molecule has 0 N–H and O–H groups in total. The van der Waals surface area contributed by atoms with Crippen LogP contribution >= 0.6 is 11.3 Å². The van der Waals surface area contributed by atoms with E-state index in [0.29, 0.717) is 5.95 Å². The third kappa shape index (κ3) is 8.34. The summed E-state index contributed by atoms with van der Waals surface area (Å²) in [6.07, 6.45) is 4.43. The van der Waals surface area contributed by atoms with Gasteiger partial charge in [-0.3, -0.25) is 9.56 Å². The van der Waals surface area contributed by atoms with Crippen LogP contribution in [0, 0.1) is 0 Å². The lowest BCUT2D eigenvalue weighted by atomic mass is 9.98. The maximum absolute atomic E-state index is 5.74. The predicted octanol–water partition coefficient (Wildman–Crippen LogP) is 18.4. The van der Waals surface area contributed by atoms with Crippen molar-refractivity contribution in [2.24, 2.45) is 4.99 Å². The zero-order valence-corrected chi connectivity index (χ0v) is 45.7. The van der Waals surface area contributed by atoms with Gasteiger partial charge in [0.25, 0.3) is 0 Å². The first kappa shape index (κ1) is 48.1. The fourth-order valence-electron chi connectivity index (χ4n) is 12.1. The van der Waals surface area contributed by atoms with Crippen LogP contribution in [0.15, 0.2) is 260 Å². The highest BCUT2D eigenvalue weighted by molar-refractivity contribution is 7.22. The fraction of sp³-hybridized carbons (Fsp3) is 0.0533. The van der Waals surface area contributed by atoms with Crippen molar-refractivity contribution in [1.29, 1.82) is 0 Å². The number of unbranched alkanes of at least 4 members (excludes halogenated alkanes) is 1. The van der Waals surface area contributed by atoms with Crippen molar-refractivity contribution in [2.75, 3.05) is 0 Å². The Bertz CT molecular complexity index is 5110. The summed E-state index contributed by atoms with van der Waals surface area (Å²) in [5.41, 5.74) is 16.0. The Morgan fingerprint density at radius 3 is 1.84 bits per heavy atom. The smallest absolute Gasteiger partial charge is 0.235 e. The summed E-state index contributed by atoms with van der Waals surface area (Å²) in [4.78, 5) is 17.7. The van der Waals surface area contributed by atoms with Crippen LogP contribution in [0.5, 0.6) is 0 Å². The van der Waals surface area contributed by atoms with Gasteiger partial charge in [-0.05, 0) is 124 Å². The Balaban J connectivity index is 0.930. The second-order valence-corrected chi connectivity index (χ2v) is 22.0. The molecule has 0 aliphatic heterocycles. The topological polar surface area (TPSA) is 48.0 Å². The Hall–Kier alpha value is -10.0. The summed E-state index contributed by atoms with van der Waals surface area (Å²) >= 11 is 1.84. The minimum absolute atomic E-state index is 0.643. The van der Waals surface area contributed by atoms with Gasteiger partial charge in [-0.1, -0.05) is 201 Å². The van der Waals surface area contributed by atoms with E-state index in [4.69, 9.17) is 15.0 Å². The van der Waals surface area contributed by atoms with E-state index in [1.165, 1.54) is 57.9 Å².